The average Bonchev–Trinajstić information content (AvgIpc) is 2.75. The smallest absolute Gasteiger partial charge is 0.371 e. The van der Waals surface area contributed by atoms with Crippen LogP contribution < -0.4 is 10.0 Å². The first-order valence-electron chi connectivity index (χ1n) is 5.95. The first-order valence-corrected chi connectivity index (χ1v) is 7.43. The summed E-state index contributed by atoms with van der Waals surface area (Å²) < 4.78 is 31.4. The predicted molar refractivity (Wildman–Crippen MR) is 66.8 cm³/mol. The van der Waals surface area contributed by atoms with Crippen molar-refractivity contribution in [2.45, 2.75) is 30.7 Å². The Morgan fingerprint density at radius 1 is 1.55 bits per heavy atom. The van der Waals surface area contributed by atoms with Crippen LogP contribution in [0.25, 0.3) is 0 Å². The van der Waals surface area contributed by atoms with Crippen molar-refractivity contribution in [3.63, 3.8) is 0 Å². The number of piperidine rings is 1. The van der Waals surface area contributed by atoms with Crippen LogP contribution >= 0.6 is 0 Å². The molecule has 0 saturated carbocycles. The van der Waals surface area contributed by atoms with Crippen LogP contribution in [0.4, 0.5) is 0 Å². The maximum Gasteiger partial charge on any atom is 0.371 e. The molecular weight excluding hydrogens is 288 g/mol. The molecule has 1 aliphatic rings. The minimum absolute atomic E-state index is 0.0360. The molecule has 0 bridgehead atoms. The number of aryl methyl sites for hydroxylation is 1. The van der Waals surface area contributed by atoms with E-state index in [1.165, 1.54) is 6.92 Å². The molecule has 110 valence electrons. The number of nitrogens with one attached hydrogen (secondary N) is 2. The quantitative estimate of drug-likeness (QED) is 0.709. The summed E-state index contributed by atoms with van der Waals surface area (Å²) in [6.07, 6.45) is 1.07. The Morgan fingerprint density at radius 2 is 2.25 bits per heavy atom. The van der Waals surface area contributed by atoms with Crippen LogP contribution in [-0.4, -0.2) is 38.0 Å². The number of carboxylic acids is 1. The zero-order valence-corrected chi connectivity index (χ0v) is 11.5. The average molecular weight is 302 g/mol. The predicted octanol–water partition coefficient (Wildman–Crippen LogP) is -0.157. The number of aromatic carboxylic acids is 1. The van der Waals surface area contributed by atoms with Crippen LogP contribution in [0, 0.1) is 6.92 Å². The molecule has 0 spiro atoms. The van der Waals surface area contributed by atoms with Gasteiger partial charge in [0, 0.05) is 12.6 Å². The number of carbonyl (C=O) groups excluding carboxylic acids is 1. The Balaban J connectivity index is 2.26. The van der Waals surface area contributed by atoms with E-state index in [0.717, 1.165) is 6.07 Å². The summed E-state index contributed by atoms with van der Waals surface area (Å²) >= 11 is 0. The standard InChI is InChI=1S/C11H14N2O6S/c1-6-9(5-8(19-6)11(15)16)20(17,18)13-7-3-2-4-12-10(7)14/h5,7,13H,2-4H2,1H3,(H,12,14)(H,15,16). The second-order valence-corrected chi connectivity index (χ2v) is 6.13. The largest absolute Gasteiger partial charge is 0.475 e. The monoisotopic (exact) mass is 302 g/mol. The Labute approximate surface area is 115 Å². The Hall–Kier alpha value is -1.87. The number of hydrogen-bond acceptors (Lipinski definition) is 5. The summed E-state index contributed by atoms with van der Waals surface area (Å²) in [5.41, 5.74) is 0. The minimum atomic E-state index is -4.00. The van der Waals surface area contributed by atoms with Crippen molar-refractivity contribution >= 4 is 21.9 Å². The molecule has 3 N–H and O–H groups in total. The molecule has 0 radical (unpaired) electrons. The van der Waals surface area contributed by atoms with E-state index in [2.05, 4.69) is 10.0 Å². The molecule has 1 aromatic heterocycles. The first kappa shape index (κ1) is 14.5. The highest BCUT2D eigenvalue weighted by molar-refractivity contribution is 7.89. The Bertz CT molecular complexity index is 648. The number of carbonyl (C=O) groups is 2. The second kappa shape index (κ2) is 5.25. The zero-order chi connectivity index (χ0) is 14.9. The molecule has 1 aromatic rings. The number of carboxylic acid groups (broad SMARTS) is 1. The molecule has 1 aliphatic heterocycles. The van der Waals surface area contributed by atoms with Crippen molar-refractivity contribution in [1.29, 1.82) is 0 Å². The van der Waals surface area contributed by atoms with Gasteiger partial charge in [0.25, 0.3) is 0 Å². The highest BCUT2D eigenvalue weighted by atomic mass is 32.2. The SMILES string of the molecule is Cc1oc(C(=O)O)cc1S(=O)(=O)NC1CCCNC1=O. The van der Waals surface area contributed by atoms with Gasteiger partial charge in [-0.05, 0) is 19.8 Å². The fourth-order valence-electron chi connectivity index (χ4n) is 1.97. The maximum absolute atomic E-state index is 12.2. The van der Waals surface area contributed by atoms with Gasteiger partial charge in [-0.3, -0.25) is 4.79 Å². The van der Waals surface area contributed by atoms with Gasteiger partial charge >= 0.3 is 5.97 Å². The lowest BCUT2D eigenvalue weighted by Crippen LogP contribution is -2.50. The van der Waals surface area contributed by atoms with Crippen LogP contribution in [-0.2, 0) is 14.8 Å². The molecule has 9 heteroatoms. The number of amides is 1. The first-order chi connectivity index (χ1) is 9.31. The fraction of sp³-hybridized carbons (Fsp3) is 0.455. The molecule has 1 atom stereocenters. The molecule has 0 aliphatic carbocycles. The van der Waals surface area contributed by atoms with E-state index in [0.29, 0.717) is 19.4 Å². The van der Waals surface area contributed by atoms with Crippen LogP contribution in [0.2, 0.25) is 0 Å². The lowest BCUT2D eigenvalue weighted by atomic mass is 10.1. The molecule has 1 fully saturated rings. The number of sulfonamides is 1. The third kappa shape index (κ3) is 2.83. The van der Waals surface area contributed by atoms with Gasteiger partial charge in [0.2, 0.25) is 21.7 Å². The highest BCUT2D eigenvalue weighted by Gasteiger charge is 2.30. The van der Waals surface area contributed by atoms with Crippen molar-refractivity contribution in [2.24, 2.45) is 0 Å². The Morgan fingerprint density at radius 3 is 2.80 bits per heavy atom. The van der Waals surface area contributed by atoms with E-state index >= 15 is 0 Å². The van der Waals surface area contributed by atoms with Gasteiger partial charge in [-0.2, -0.15) is 4.72 Å². The minimum Gasteiger partial charge on any atom is -0.475 e. The normalized spacial score (nSPS) is 19.6. The summed E-state index contributed by atoms with van der Waals surface area (Å²) in [4.78, 5) is 22.0. The molecule has 0 aromatic carbocycles. The molecule has 20 heavy (non-hydrogen) atoms. The topological polar surface area (TPSA) is 126 Å². The molecular formula is C11H14N2O6S. The van der Waals surface area contributed by atoms with Gasteiger partial charge in [-0.25, -0.2) is 13.2 Å². The van der Waals surface area contributed by atoms with Crippen LogP contribution in [0.3, 0.4) is 0 Å². The summed E-state index contributed by atoms with van der Waals surface area (Å²) in [6, 6.07) is 0.0807. The molecule has 1 amide bonds. The molecule has 1 saturated heterocycles. The van der Waals surface area contributed by atoms with E-state index in [9.17, 15) is 18.0 Å². The zero-order valence-electron chi connectivity index (χ0n) is 10.7. The van der Waals surface area contributed by atoms with Gasteiger partial charge in [-0.15, -0.1) is 0 Å². The highest BCUT2D eigenvalue weighted by Crippen LogP contribution is 2.21. The summed E-state index contributed by atoms with van der Waals surface area (Å²) in [7, 11) is -4.00. The van der Waals surface area contributed by atoms with Crippen LogP contribution in [0.5, 0.6) is 0 Å². The van der Waals surface area contributed by atoms with E-state index < -0.39 is 27.8 Å². The maximum atomic E-state index is 12.2. The van der Waals surface area contributed by atoms with Gasteiger partial charge in [0.05, 0.1) is 0 Å². The molecule has 1 unspecified atom stereocenters. The summed E-state index contributed by atoms with van der Waals surface area (Å²) in [5.74, 6) is -2.24. The lowest BCUT2D eigenvalue weighted by Gasteiger charge is -2.22. The van der Waals surface area contributed by atoms with Crippen molar-refractivity contribution < 1.29 is 27.5 Å². The second-order valence-electron chi connectivity index (χ2n) is 4.44. The third-order valence-electron chi connectivity index (χ3n) is 2.96. The van der Waals surface area contributed by atoms with Gasteiger partial charge in [0.15, 0.2) is 0 Å². The van der Waals surface area contributed by atoms with E-state index in [1.807, 2.05) is 0 Å². The summed E-state index contributed by atoms with van der Waals surface area (Å²) in [5, 5.41) is 11.3. The fourth-order valence-corrected chi connectivity index (χ4v) is 3.38. The van der Waals surface area contributed by atoms with Crippen molar-refractivity contribution in [1.82, 2.24) is 10.0 Å². The van der Waals surface area contributed by atoms with E-state index in [4.69, 9.17) is 9.52 Å². The van der Waals surface area contributed by atoms with Crippen molar-refractivity contribution in [3.8, 4) is 0 Å². The van der Waals surface area contributed by atoms with Crippen LogP contribution in [0.1, 0.15) is 29.2 Å². The van der Waals surface area contributed by atoms with E-state index in [-0.39, 0.29) is 16.6 Å². The van der Waals surface area contributed by atoms with Crippen molar-refractivity contribution in [2.75, 3.05) is 6.54 Å². The van der Waals surface area contributed by atoms with Gasteiger partial charge in [-0.1, -0.05) is 0 Å². The number of hydrogen-bond donors (Lipinski definition) is 3. The third-order valence-corrected chi connectivity index (χ3v) is 4.53. The van der Waals surface area contributed by atoms with Crippen LogP contribution in [0.15, 0.2) is 15.4 Å². The Kier molecular flexibility index (Phi) is 3.82. The number of rotatable bonds is 4. The van der Waals surface area contributed by atoms with Gasteiger partial charge in [0.1, 0.15) is 16.7 Å². The summed E-state index contributed by atoms with van der Waals surface area (Å²) in [6.45, 7) is 1.87. The van der Waals surface area contributed by atoms with Gasteiger partial charge < -0.3 is 14.8 Å². The lowest BCUT2D eigenvalue weighted by molar-refractivity contribution is -0.124. The molecule has 8 nitrogen and oxygen atoms in total. The number of furan rings is 1. The van der Waals surface area contributed by atoms with Crippen molar-refractivity contribution in [3.05, 3.63) is 17.6 Å². The molecule has 2 heterocycles. The van der Waals surface area contributed by atoms with E-state index in [1.54, 1.807) is 0 Å². The molecule has 2 rings (SSSR count).